The number of hydrogen-bond donors (Lipinski definition) is 1. The molecule has 1 saturated heterocycles. The van der Waals surface area contributed by atoms with Crippen LogP contribution in [0.5, 0.6) is 5.75 Å². The summed E-state index contributed by atoms with van der Waals surface area (Å²) in [5, 5.41) is 4.32. The molecule has 0 bridgehead atoms. The number of aromatic nitrogens is 2. The smallest absolute Gasteiger partial charge is 0.222 e. The van der Waals surface area contributed by atoms with Gasteiger partial charge in [-0.3, -0.25) is 9.48 Å². The van der Waals surface area contributed by atoms with Gasteiger partial charge in [0.2, 0.25) is 5.91 Å². The van der Waals surface area contributed by atoms with Gasteiger partial charge in [0.15, 0.2) is 0 Å². The maximum atomic E-state index is 11.9. The van der Waals surface area contributed by atoms with Crippen LogP contribution < -0.4 is 10.5 Å². The highest BCUT2D eigenvalue weighted by atomic mass is 16.5. The number of benzene rings is 1. The summed E-state index contributed by atoms with van der Waals surface area (Å²) in [4.78, 5) is 14.3. The average molecular weight is 342 g/mol. The lowest BCUT2D eigenvalue weighted by atomic mass is 9.89. The van der Waals surface area contributed by atoms with E-state index in [1.54, 1.807) is 7.11 Å². The first-order chi connectivity index (χ1) is 12.0. The number of hydrogen-bond acceptors (Lipinski definition) is 4. The van der Waals surface area contributed by atoms with Gasteiger partial charge in [0.1, 0.15) is 5.75 Å². The van der Waals surface area contributed by atoms with Crippen LogP contribution in [0.25, 0.3) is 0 Å². The molecule has 2 atom stereocenters. The number of methoxy groups -OCH3 is 1. The first-order valence-electron chi connectivity index (χ1n) is 8.62. The van der Waals surface area contributed by atoms with Crippen molar-refractivity contribution in [2.75, 3.05) is 26.7 Å². The molecule has 2 heterocycles. The van der Waals surface area contributed by atoms with Crippen LogP contribution in [-0.2, 0) is 18.3 Å². The number of primary amides is 1. The van der Waals surface area contributed by atoms with Crippen molar-refractivity contribution < 1.29 is 9.53 Å². The molecular formula is C19H26N4O2. The fourth-order valence-electron chi connectivity index (χ4n) is 3.63. The van der Waals surface area contributed by atoms with Crippen molar-refractivity contribution in [3.8, 4) is 5.75 Å². The van der Waals surface area contributed by atoms with E-state index in [9.17, 15) is 4.79 Å². The second-order valence-electron chi connectivity index (χ2n) is 6.78. The molecule has 6 nitrogen and oxygen atoms in total. The minimum Gasteiger partial charge on any atom is -0.497 e. The Kier molecular flexibility index (Phi) is 5.08. The molecule has 3 rings (SSSR count). The third kappa shape index (κ3) is 3.69. The summed E-state index contributed by atoms with van der Waals surface area (Å²) in [5.41, 5.74) is 9.18. The molecule has 6 heteroatoms. The first kappa shape index (κ1) is 17.5. The van der Waals surface area contributed by atoms with Gasteiger partial charge in [0, 0.05) is 38.3 Å². The number of likely N-dealkylation sites (tertiary alicyclic amines) is 1. The predicted octanol–water partition coefficient (Wildman–Crippen LogP) is 1.48. The topological polar surface area (TPSA) is 73.4 Å². The lowest BCUT2D eigenvalue weighted by Gasteiger charge is -2.16. The molecule has 2 aromatic rings. The van der Waals surface area contributed by atoms with E-state index in [-0.39, 0.29) is 17.7 Å². The van der Waals surface area contributed by atoms with E-state index in [4.69, 9.17) is 10.5 Å². The van der Waals surface area contributed by atoms with E-state index < -0.39 is 0 Å². The van der Waals surface area contributed by atoms with Gasteiger partial charge in [-0.25, -0.2) is 0 Å². The van der Waals surface area contributed by atoms with E-state index in [1.807, 2.05) is 37.0 Å². The lowest BCUT2D eigenvalue weighted by molar-refractivity contribution is -0.121. The SMILES string of the molecule is COc1ccc(CCN2C[C@H](C(N)=O)[C@@H](c3cnn(C)c3C)C2)cc1. The van der Waals surface area contributed by atoms with E-state index in [2.05, 4.69) is 22.1 Å². The summed E-state index contributed by atoms with van der Waals surface area (Å²) in [6, 6.07) is 8.13. The summed E-state index contributed by atoms with van der Waals surface area (Å²) in [6.45, 7) is 4.51. The summed E-state index contributed by atoms with van der Waals surface area (Å²) in [7, 11) is 3.60. The molecule has 1 aliphatic rings. The number of carbonyl (C=O) groups excluding carboxylic acids is 1. The van der Waals surface area contributed by atoms with Gasteiger partial charge in [-0.2, -0.15) is 5.10 Å². The Bertz CT molecular complexity index is 738. The molecule has 1 aliphatic heterocycles. The van der Waals surface area contributed by atoms with Gasteiger partial charge < -0.3 is 15.4 Å². The van der Waals surface area contributed by atoms with Crippen molar-refractivity contribution in [3.05, 3.63) is 47.3 Å². The highest BCUT2D eigenvalue weighted by molar-refractivity contribution is 5.78. The molecule has 25 heavy (non-hydrogen) atoms. The molecule has 1 aromatic carbocycles. The molecule has 2 N–H and O–H groups in total. The van der Waals surface area contributed by atoms with E-state index in [0.717, 1.165) is 36.5 Å². The highest BCUT2D eigenvalue weighted by Crippen LogP contribution is 2.34. The van der Waals surface area contributed by atoms with Crippen LogP contribution in [0.3, 0.4) is 0 Å². The number of rotatable bonds is 6. The standard InChI is InChI=1S/C19H26N4O2/c1-13-16(10-21-22(13)2)17-11-23(12-18(17)19(20)24)9-8-14-4-6-15(25-3)7-5-14/h4-7,10,17-18H,8-9,11-12H2,1-3H3,(H2,20,24)/t17-,18+/m1/s1. The first-order valence-corrected chi connectivity index (χ1v) is 8.62. The number of ether oxygens (including phenoxy) is 1. The number of aryl methyl sites for hydroxylation is 1. The minimum absolute atomic E-state index is 0.127. The van der Waals surface area contributed by atoms with Gasteiger partial charge in [-0.1, -0.05) is 12.1 Å². The van der Waals surface area contributed by atoms with E-state index >= 15 is 0 Å². The van der Waals surface area contributed by atoms with E-state index in [0.29, 0.717) is 6.54 Å². The maximum Gasteiger partial charge on any atom is 0.222 e. The normalized spacial score (nSPS) is 20.8. The number of nitrogens with two attached hydrogens (primary N) is 1. The number of amides is 1. The van der Waals surface area contributed by atoms with Crippen molar-refractivity contribution in [3.63, 3.8) is 0 Å². The van der Waals surface area contributed by atoms with Gasteiger partial charge >= 0.3 is 0 Å². The molecule has 1 aromatic heterocycles. The monoisotopic (exact) mass is 342 g/mol. The van der Waals surface area contributed by atoms with Crippen LogP contribution >= 0.6 is 0 Å². The van der Waals surface area contributed by atoms with Crippen LogP contribution in [-0.4, -0.2) is 47.3 Å². The van der Waals surface area contributed by atoms with E-state index in [1.165, 1.54) is 5.56 Å². The van der Waals surface area contributed by atoms with Crippen molar-refractivity contribution >= 4 is 5.91 Å². The van der Waals surface area contributed by atoms with Crippen molar-refractivity contribution in [2.24, 2.45) is 18.7 Å². The van der Waals surface area contributed by atoms with Crippen LogP contribution in [0.2, 0.25) is 0 Å². The molecule has 0 saturated carbocycles. The predicted molar refractivity (Wildman–Crippen MR) is 96.5 cm³/mol. The Morgan fingerprint density at radius 3 is 2.60 bits per heavy atom. The van der Waals surface area contributed by atoms with Crippen LogP contribution in [0.4, 0.5) is 0 Å². The highest BCUT2D eigenvalue weighted by Gasteiger charge is 2.38. The molecule has 0 spiro atoms. The van der Waals surface area contributed by atoms with Crippen LogP contribution in [0.1, 0.15) is 22.7 Å². The molecule has 0 unspecified atom stereocenters. The maximum absolute atomic E-state index is 11.9. The van der Waals surface area contributed by atoms with Crippen LogP contribution in [0, 0.1) is 12.8 Å². The molecule has 134 valence electrons. The summed E-state index contributed by atoms with van der Waals surface area (Å²) in [6.07, 6.45) is 2.82. The summed E-state index contributed by atoms with van der Waals surface area (Å²) >= 11 is 0. The zero-order valence-corrected chi connectivity index (χ0v) is 15.1. The fourth-order valence-corrected chi connectivity index (χ4v) is 3.63. The molecule has 1 amide bonds. The molecule has 0 radical (unpaired) electrons. The van der Waals surface area contributed by atoms with Gasteiger partial charge in [-0.05, 0) is 36.6 Å². The zero-order valence-electron chi connectivity index (χ0n) is 15.1. The number of nitrogens with zero attached hydrogens (tertiary/aromatic N) is 3. The Morgan fingerprint density at radius 2 is 2.04 bits per heavy atom. The lowest BCUT2D eigenvalue weighted by Crippen LogP contribution is -2.30. The molecule has 1 fully saturated rings. The Balaban J connectivity index is 1.67. The van der Waals surface area contributed by atoms with Crippen molar-refractivity contribution in [2.45, 2.75) is 19.3 Å². The average Bonchev–Trinajstić information content (AvgIpc) is 3.18. The quantitative estimate of drug-likeness (QED) is 0.863. The zero-order chi connectivity index (χ0) is 18.0. The van der Waals surface area contributed by atoms with Crippen LogP contribution in [0.15, 0.2) is 30.5 Å². The second-order valence-corrected chi connectivity index (χ2v) is 6.78. The van der Waals surface area contributed by atoms with Gasteiger partial charge in [0.05, 0.1) is 19.2 Å². The Hall–Kier alpha value is -2.34. The third-order valence-electron chi connectivity index (χ3n) is 5.31. The minimum atomic E-state index is -0.222. The Morgan fingerprint density at radius 1 is 1.32 bits per heavy atom. The largest absolute Gasteiger partial charge is 0.497 e. The third-order valence-corrected chi connectivity index (χ3v) is 5.31. The molecular weight excluding hydrogens is 316 g/mol. The summed E-state index contributed by atoms with van der Waals surface area (Å²) < 4.78 is 7.05. The number of carbonyl (C=O) groups is 1. The van der Waals surface area contributed by atoms with Gasteiger partial charge in [-0.15, -0.1) is 0 Å². The Labute approximate surface area is 148 Å². The second kappa shape index (κ2) is 7.27. The molecule has 0 aliphatic carbocycles. The van der Waals surface area contributed by atoms with Crippen molar-refractivity contribution in [1.29, 1.82) is 0 Å². The summed E-state index contributed by atoms with van der Waals surface area (Å²) in [5.74, 6) is 0.617. The van der Waals surface area contributed by atoms with Gasteiger partial charge in [0.25, 0.3) is 0 Å². The fraction of sp³-hybridized carbons (Fsp3) is 0.474. The van der Waals surface area contributed by atoms with Crippen molar-refractivity contribution in [1.82, 2.24) is 14.7 Å².